The molecule has 78 valence electrons. The van der Waals surface area contributed by atoms with Crippen LogP contribution < -0.4 is 0 Å². The minimum atomic E-state index is 0.322. The largest absolute Gasteiger partial charge is 0.508 e. The van der Waals surface area contributed by atoms with Crippen molar-refractivity contribution in [1.29, 1.82) is 0 Å². The number of nitrogens with zero attached hydrogens (tertiary/aromatic N) is 1. The van der Waals surface area contributed by atoms with E-state index in [0.717, 1.165) is 5.03 Å². The molecular weight excluding hydrogens is 206 g/mol. The molecule has 0 aliphatic heterocycles. The van der Waals surface area contributed by atoms with Crippen molar-refractivity contribution in [1.82, 2.24) is 4.98 Å². The Labute approximate surface area is 94.0 Å². The van der Waals surface area contributed by atoms with Gasteiger partial charge in [-0.15, -0.1) is 11.8 Å². The van der Waals surface area contributed by atoms with Gasteiger partial charge in [-0.2, -0.15) is 0 Å². The highest BCUT2D eigenvalue weighted by Gasteiger charge is 1.82. The summed E-state index contributed by atoms with van der Waals surface area (Å²) in [7, 11) is 0. The van der Waals surface area contributed by atoms with Crippen molar-refractivity contribution < 1.29 is 5.11 Å². The lowest BCUT2D eigenvalue weighted by Gasteiger charge is -1.88. The Morgan fingerprint density at radius 3 is 2.00 bits per heavy atom. The van der Waals surface area contributed by atoms with Gasteiger partial charge in [-0.3, -0.25) is 0 Å². The number of hydrogen-bond donors (Lipinski definition) is 1. The van der Waals surface area contributed by atoms with Crippen molar-refractivity contribution >= 4 is 11.8 Å². The number of para-hydroxylation sites is 1. The Morgan fingerprint density at radius 2 is 1.67 bits per heavy atom. The third kappa shape index (κ3) is 5.08. The van der Waals surface area contributed by atoms with Crippen molar-refractivity contribution in [2.45, 2.75) is 5.03 Å². The Kier molecular flexibility index (Phi) is 5.33. The molecule has 0 aliphatic carbocycles. The zero-order valence-corrected chi connectivity index (χ0v) is 9.32. The molecule has 2 nitrogen and oxygen atoms in total. The van der Waals surface area contributed by atoms with Gasteiger partial charge in [-0.1, -0.05) is 24.3 Å². The van der Waals surface area contributed by atoms with Crippen LogP contribution in [0, 0.1) is 0 Å². The Bertz CT molecular complexity index is 364. The molecular formula is C12H13NOS. The number of phenolic OH excluding ortho intramolecular Hbond substituents is 1. The van der Waals surface area contributed by atoms with E-state index in [2.05, 4.69) is 4.98 Å². The second-order valence-corrected chi connectivity index (χ2v) is 3.53. The number of aromatic nitrogens is 1. The molecule has 0 bridgehead atoms. The van der Waals surface area contributed by atoms with Crippen LogP contribution in [-0.4, -0.2) is 16.3 Å². The third-order valence-corrected chi connectivity index (χ3v) is 2.26. The van der Waals surface area contributed by atoms with Crippen LogP contribution in [0.3, 0.4) is 0 Å². The number of rotatable bonds is 1. The van der Waals surface area contributed by atoms with E-state index in [1.54, 1.807) is 42.2 Å². The van der Waals surface area contributed by atoms with Gasteiger partial charge in [0.25, 0.3) is 0 Å². The van der Waals surface area contributed by atoms with Gasteiger partial charge in [-0.05, 0) is 30.5 Å². The summed E-state index contributed by atoms with van der Waals surface area (Å²) >= 11 is 1.66. The van der Waals surface area contributed by atoms with Crippen molar-refractivity contribution in [3.8, 4) is 5.75 Å². The predicted octanol–water partition coefficient (Wildman–Crippen LogP) is 3.20. The quantitative estimate of drug-likeness (QED) is 0.748. The van der Waals surface area contributed by atoms with Crippen LogP contribution in [-0.2, 0) is 0 Å². The maximum Gasteiger partial charge on any atom is 0.115 e. The normalized spacial score (nSPS) is 8.87. The van der Waals surface area contributed by atoms with Crippen molar-refractivity contribution in [2.24, 2.45) is 0 Å². The molecule has 1 aromatic carbocycles. The maximum absolute atomic E-state index is 8.63. The van der Waals surface area contributed by atoms with Crippen LogP contribution in [0.4, 0.5) is 0 Å². The molecule has 0 radical (unpaired) electrons. The van der Waals surface area contributed by atoms with E-state index in [1.165, 1.54) is 0 Å². The molecule has 0 unspecified atom stereocenters. The first-order valence-electron chi connectivity index (χ1n) is 4.52. The van der Waals surface area contributed by atoms with Crippen LogP contribution in [0.25, 0.3) is 0 Å². The zero-order chi connectivity index (χ0) is 10.9. The van der Waals surface area contributed by atoms with Crippen LogP contribution in [0.1, 0.15) is 0 Å². The van der Waals surface area contributed by atoms with Crippen LogP contribution in [0.5, 0.6) is 5.75 Å². The lowest BCUT2D eigenvalue weighted by atomic mass is 10.3. The number of thioether (sulfide) groups is 1. The molecule has 0 atom stereocenters. The average molecular weight is 219 g/mol. The van der Waals surface area contributed by atoms with Gasteiger partial charge in [0.1, 0.15) is 5.75 Å². The first kappa shape index (κ1) is 11.6. The molecule has 2 rings (SSSR count). The summed E-state index contributed by atoms with van der Waals surface area (Å²) in [5.41, 5.74) is 0. The van der Waals surface area contributed by atoms with Gasteiger partial charge >= 0.3 is 0 Å². The van der Waals surface area contributed by atoms with Gasteiger partial charge in [0.15, 0.2) is 0 Å². The Morgan fingerprint density at radius 1 is 1.00 bits per heavy atom. The van der Waals surface area contributed by atoms with Crippen molar-refractivity contribution in [3.63, 3.8) is 0 Å². The minimum Gasteiger partial charge on any atom is -0.508 e. The average Bonchev–Trinajstić information content (AvgIpc) is 2.32. The molecule has 0 saturated carbocycles. The van der Waals surface area contributed by atoms with E-state index in [0.29, 0.717) is 5.75 Å². The number of aromatic hydroxyl groups is 1. The summed E-state index contributed by atoms with van der Waals surface area (Å²) in [6.07, 6.45) is 3.81. The molecule has 0 saturated heterocycles. The molecule has 1 aromatic heterocycles. The fourth-order valence-corrected chi connectivity index (χ4v) is 1.28. The van der Waals surface area contributed by atoms with Gasteiger partial charge < -0.3 is 5.11 Å². The van der Waals surface area contributed by atoms with Gasteiger partial charge in [-0.25, -0.2) is 4.98 Å². The van der Waals surface area contributed by atoms with E-state index in [4.69, 9.17) is 5.11 Å². The maximum atomic E-state index is 8.63. The number of hydrogen-bond acceptors (Lipinski definition) is 3. The predicted molar refractivity (Wildman–Crippen MR) is 64.1 cm³/mol. The Hall–Kier alpha value is -1.48. The first-order valence-corrected chi connectivity index (χ1v) is 5.74. The highest BCUT2D eigenvalue weighted by molar-refractivity contribution is 7.98. The fraction of sp³-hybridized carbons (Fsp3) is 0.0833. The van der Waals surface area contributed by atoms with Crippen LogP contribution >= 0.6 is 11.8 Å². The lowest BCUT2D eigenvalue weighted by molar-refractivity contribution is 0.475. The Balaban J connectivity index is 0.000000151. The monoisotopic (exact) mass is 219 g/mol. The zero-order valence-electron chi connectivity index (χ0n) is 8.50. The second kappa shape index (κ2) is 6.90. The summed E-state index contributed by atoms with van der Waals surface area (Å²) in [6, 6.07) is 14.6. The molecule has 15 heavy (non-hydrogen) atoms. The number of benzene rings is 1. The first-order chi connectivity index (χ1) is 7.33. The summed E-state index contributed by atoms with van der Waals surface area (Å²) in [5, 5.41) is 9.71. The second-order valence-electron chi connectivity index (χ2n) is 2.71. The minimum absolute atomic E-state index is 0.322. The number of pyridine rings is 1. The summed E-state index contributed by atoms with van der Waals surface area (Å²) in [6.45, 7) is 0. The highest BCUT2D eigenvalue weighted by Crippen LogP contribution is 2.07. The van der Waals surface area contributed by atoms with Gasteiger partial charge in [0.2, 0.25) is 0 Å². The summed E-state index contributed by atoms with van der Waals surface area (Å²) in [4.78, 5) is 4.06. The van der Waals surface area contributed by atoms with Gasteiger partial charge in [0, 0.05) is 6.20 Å². The van der Waals surface area contributed by atoms with Crippen molar-refractivity contribution in [3.05, 3.63) is 54.7 Å². The van der Waals surface area contributed by atoms with E-state index < -0.39 is 0 Å². The van der Waals surface area contributed by atoms with Crippen LogP contribution in [0.2, 0.25) is 0 Å². The molecule has 2 aromatic rings. The molecule has 3 heteroatoms. The molecule has 0 aliphatic rings. The van der Waals surface area contributed by atoms with E-state index in [-0.39, 0.29) is 0 Å². The highest BCUT2D eigenvalue weighted by atomic mass is 32.2. The molecule has 0 spiro atoms. The number of phenols is 1. The SMILES string of the molecule is CSc1ccccn1.Oc1ccccc1. The summed E-state index contributed by atoms with van der Waals surface area (Å²) in [5.74, 6) is 0.322. The molecule has 1 heterocycles. The molecule has 1 N–H and O–H groups in total. The van der Waals surface area contributed by atoms with Gasteiger partial charge in [0.05, 0.1) is 5.03 Å². The molecule has 0 amide bonds. The van der Waals surface area contributed by atoms with E-state index in [9.17, 15) is 0 Å². The third-order valence-electron chi connectivity index (χ3n) is 1.60. The van der Waals surface area contributed by atoms with Crippen molar-refractivity contribution in [2.75, 3.05) is 6.26 Å². The standard InChI is InChI=1S/C6H7NS.C6H6O/c1-8-6-4-2-3-5-7-6;7-6-4-2-1-3-5-6/h2-5H,1H3;1-5,7H. The van der Waals surface area contributed by atoms with Crippen LogP contribution in [0.15, 0.2) is 59.8 Å². The lowest BCUT2D eigenvalue weighted by Crippen LogP contribution is -1.71. The fourth-order valence-electron chi connectivity index (χ4n) is 0.896. The topological polar surface area (TPSA) is 33.1 Å². The molecule has 0 fully saturated rings. The smallest absolute Gasteiger partial charge is 0.115 e. The van der Waals surface area contributed by atoms with E-state index in [1.807, 2.05) is 30.5 Å². The summed E-state index contributed by atoms with van der Waals surface area (Å²) < 4.78 is 0. The van der Waals surface area contributed by atoms with E-state index >= 15 is 0 Å².